The molecule has 0 saturated carbocycles. The van der Waals surface area contributed by atoms with E-state index < -0.39 is 0 Å². The van der Waals surface area contributed by atoms with E-state index in [9.17, 15) is 9.18 Å². The van der Waals surface area contributed by atoms with Crippen molar-refractivity contribution in [2.75, 3.05) is 31.1 Å². The summed E-state index contributed by atoms with van der Waals surface area (Å²) in [6.45, 7) is 4.13. The van der Waals surface area contributed by atoms with Crippen molar-refractivity contribution in [1.29, 1.82) is 0 Å². The second-order valence-corrected chi connectivity index (χ2v) is 7.75. The van der Waals surface area contributed by atoms with Crippen molar-refractivity contribution >= 4 is 11.7 Å². The summed E-state index contributed by atoms with van der Waals surface area (Å²) in [5.41, 5.74) is 1.62. The number of benzene rings is 2. The van der Waals surface area contributed by atoms with Crippen LogP contribution in [-0.2, 0) is 0 Å². The molecule has 0 atom stereocenters. The molecule has 0 aliphatic carbocycles. The van der Waals surface area contributed by atoms with Gasteiger partial charge in [0.15, 0.2) is 5.82 Å². The highest BCUT2D eigenvalue weighted by atomic mass is 19.1. The molecule has 0 N–H and O–H groups in total. The zero-order valence-electron chi connectivity index (χ0n) is 18.1. The van der Waals surface area contributed by atoms with E-state index in [0.717, 1.165) is 11.4 Å². The first kappa shape index (κ1) is 20.7. The van der Waals surface area contributed by atoms with Gasteiger partial charge in [0.2, 0.25) is 5.82 Å². The zero-order valence-corrected chi connectivity index (χ0v) is 18.1. The first-order valence-corrected chi connectivity index (χ1v) is 10.7. The standard InChI is InChI=1S/C24H22FN7O/c1-17-27-23(29-32(17)20-9-7-19(25)8-10-20)24(33)31-15-13-30(14-16-31)21-11-12-26-22(28-21)18-5-3-2-4-6-18/h2-12H,13-16H2,1H3. The van der Waals surface area contributed by atoms with Gasteiger partial charge in [-0.3, -0.25) is 4.79 Å². The summed E-state index contributed by atoms with van der Waals surface area (Å²) in [7, 11) is 0. The Morgan fingerprint density at radius 2 is 1.64 bits per heavy atom. The second-order valence-electron chi connectivity index (χ2n) is 7.75. The molecule has 5 rings (SSSR count). The van der Waals surface area contributed by atoms with Gasteiger partial charge < -0.3 is 9.80 Å². The van der Waals surface area contributed by atoms with Crippen LogP contribution in [-0.4, -0.2) is 61.7 Å². The number of anilines is 1. The quantitative estimate of drug-likeness (QED) is 0.482. The van der Waals surface area contributed by atoms with E-state index in [2.05, 4.69) is 20.0 Å². The number of hydrogen-bond acceptors (Lipinski definition) is 6. The lowest BCUT2D eigenvalue weighted by Crippen LogP contribution is -2.49. The lowest BCUT2D eigenvalue weighted by Gasteiger charge is -2.34. The first-order chi connectivity index (χ1) is 16.1. The van der Waals surface area contributed by atoms with Crippen molar-refractivity contribution in [1.82, 2.24) is 29.6 Å². The second kappa shape index (κ2) is 8.78. The number of piperazine rings is 1. The number of aryl methyl sites for hydroxylation is 1. The summed E-state index contributed by atoms with van der Waals surface area (Å²) in [5.74, 6) is 1.68. The summed E-state index contributed by atoms with van der Waals surface area (Å²) >= 11 is 0. The molecule has 0 unspecified atom stereocenters. The van der Waals surface area contributed by atoms with Crippen LogP contribution in [0.4, 0.5) is 10.2 Å². The zero-order chi connectivity index (χ0) is 22.8. The maximum atomic E-state index is 13.2. The lowest BCUT2D eigenvalue weighted by molar-refractivity contribution is 0.0734. The Kier molecular flexibility index (Phi) is 5.52. The Balaban J connectivity index is 1.27. The Hall–Kier alpha value is -4.14. The third kappa shape index (κ3) is 4.30. The topological polar surface area (TPSA) is 80.0 Å². The van der Waals surface area contributed by atoms with Gasteiger partial charge in [-0.25, -0.2) is 24.0 Å². The SMILES string of the molecule is Cc1nc(C(=O)N2CCN(c3ccnc(-c4ccccc4)n3)CC2)nn1-c1ccc(F)cc1. The van der Waals surface area contributed by atoms with Crippen molar-refractivity contribution in [3.63, 3.8) is 0 Å². The van der Waals surface area contributed by atoms with Crippen LogP contribution in [0.1, 0.15) is 16.4 Å². The minimum atomic E-state index is -0.328. The highest BCUT2D eigenvalue weighted by molar-refractivity contribution is 5.90. The van der Waals surface area contributed by atoms with Crippen LogP contribution in [0.15, 0.2) is 66.9 Å². The number of nitrogens with zero attached hydrogens (tertiary/aromatic N) is 7. The number of carbonyl (C=O) groups excluding carboxylic acids is 1. The molecule has 0 radical (unpaired) electrons. The Bertz CT molecular complexity index is 1270. The predicted octanol–water partition coefficient (Wildman–Crippen LogP) is 3.13. The van der Waals surface area contributed by atoms with Gasteiger partial charge in [0.1, 0.15) is 17.5 Å². The van der Waals surface area contributed by atoms with E-state index in [-0.39, 0.29) is 17.5 Å². The number of carbonyl (C=O) groups is 1. The molecule has 166 valence electrons. The summed E-state index contributed by atoms with van der Waals surface area (Å²) < 4.78 is 14.8. The van der Waals surface area contributed by atoms with E-state index in [1.54, 1.807) is 34.8 Å². The molecule has 4 aromatic rings. The third-order valence-electron chi connectivity index (χ3n) is 5.60. The minimum absolute atomic E-state index is 0.138. The fourth-order valence-corrected chi connectivity index (χ4v) is 3.84. The van der Waals surface area contributed by atoms with Crippen LogP contribution in [0, 0.1) is 12.7 Å². The molecule has 2 aromatic carbocycles. The highest BCUT2D eigenvalue weighted by Gasteiger charge is 2.26. The van der Waals surface area contributed by atoms with Gasteiger partial charge in [0.25, 0.3) is 5.91 Å². The van der Waals surface area contributed by atoms with Gasteiger partial charge >= 0.3 is 0 Å². The van der Waals surface area contributed by atoms with Crippen molar-refractivity contribution in [2.24, 2.45) is 0 Å². The van der Waals surface area contributed by atoms with Crippen LogP contribution in [0.25, 0.3) is 17.1 Å². The average molecular weight is 443 g/mol. The Morgan fingerprint density at radius 1 is 0.909 bits per heavy atom. The minimum Gasteiger partial charge on any atom is -0.353 e. The number of rotatable bonds is 4. The predicted molar refractivity (Wildman–Crippen MR) is 122 cm³/mol. The average Bonchev–Trinajstić information content (AvgIpc) is 3.26. The summed E-state index contributed by atoms with van der Waals surface area (Å²) in [4.78, 5) is 30.3. The molecule has 2 aromatic heterocycles. The van der Waals surface area contributed by atoms with Gasteiger partial charge in [0, 0.05) is 37.9 Å². The van der Waals surface area contributed by atoms with Crippen molar-refractivity contribution in [2.45, 2.75) is 6.92 Å². The van der Waals surface area contributed by atoms with E-state index in [0.29, 0.717) is 43.5 Å². The number of amides is 1. The largest absolute Gasteiger partial charge is 0.353 e. The molecule has 1 saturated heterocycles. The monoisotopic (exact) mass is 443 g/mol. The molecule has 1 amide bonds. The Labute approximate surface area is 190 Å². The summed E-state index contributed by atoms with van der Waals surface area (Å²) in [5, 5.41) is 4.36. The van der Waals surface area contributed by atoms with Crippen molar-refractivity contribution in [3.8, 4) is 17.1 Å². The highest BCUT2D eigenvalue weighted by Crippen LogP contribution is 2.20. The summed E-state index contributed by atoms with van der Waals surface area (Å²) in [6.07, 6.45) is 1.76. The molecular formula is C24H22FN7O. The molecule has 1 fully saturated rings. The van der Waals surface area contributed by atoms with Crippen LogP contribution in [0.2, 0.25) is 0 Å². The van der Waals surface area contributed by atoms with Crippen LogP contribution in [0.5, 0.6) is 0 Å². The van der Waals surface area contributed by atoms with Gasteiger partial charge in [-0.2, -0.15) is 0 Å². The maximum absolute atomic E-state index is 13.2. The molecule has 9 heteroatoms. The number of aromatic nitrogens is 5. The molecule has 0 spiro atoms. The molecule has 1 aliphatic rings. The van der Waals surface area contributed by atoms with Gasteiger partial charge in [0.05, 0.1) is 5.69 Å². The molecule has 33 heavy (non-hydrogen) atoms. The molecular weight excluding hydrogens is 421 g/mol. The molecule has 0 bridgehead atoms. The van der Waals surface area contributed by atoms with Gasteiger partial charge in [-0.1, -0.05) is 30.3 Å². The number of halogens is 1. The summed E-state index contributed by atoms with van der Waals surface area (Å²) in [6, 6.07) is 17.7. The van der Waals surface area contributed by atoms with Crippen LogP contribution in [0.3, 0.4) is 0 Å². The van der Waals surface area contributed by atoms with Crippen molar-refractivity contribution < 1.29 is 9.18 Å². The van der Waals surface area contributed by atoms with E-state index in [4.69, 9.17) is 4.98 Å². The fraction of sp³-hybridized carbons (Fsp3) is 0.208. The lowest BCUT2D eigenvalue weighted by atomic mass is 10.2. The molecule has 8 nitrogen and oxygen atoms in total. The molecule has 1 aliphatic heterocycles. The van der Waals surface area contributed by atoms with E-state index in [1.807, 2.05) is 36.4 Å². The van der Waals surface area contributed by atoms with Crippen LogP contribution >= 0.6 is 0 Å². The van der Waals surface area contributed by atoms with Gasteiger partial charge in [-0.05, 0) is 37.3 Å². The molecule has 3 heterocycles. The fourth-order valence-electron chi connectivity index (χ4n) is 3.84. The van der Waals surface area contributed by atoms with E-state index >= 15 is 0 Å². The third-order valence-corrected chi connectivity index (χ3v) is 5.60. The van der Waals surface area contributed by atoms with E-state index in [1.165, 1.54) is 12.1 Å². The first-order valence-electron chi connectivity index (χ1n) is 10.7. The Morgan fingerprint density at radius 3 is 2.36 bits per heavy atom. The smallest absolute Gasteiger partial charge is 0.293 e. The number of hydrogen-bond donors (Lipinski definition) is 0. The van der Waals surface area contributed by atoms with Crippen LogP contribution < -0.4 is 4.90 Å². The van der Waals surface area contributed by atoms with Crippen molar-refractivity contribution in [3.05, 3.63) is 84.3 Å². The normalized spacial score (nSPS) is 13.9. The van der Waals surface area contributed by atoms with Gasteiger partial charge in [-0.15, -0.1) is 5.10 Å². The maximum Gasteiger partial charge on any atom is 0.293 e.